The lowest BCUT2D eigenvalue weighted by atomic mass is 10.0. The summed E-state index contributed by atoms with van der Waals surface area (Å²) < 4.78 is 0. The van der Waals surface area contributed by atoms with Crippen molar-refractivity contribution in [2.75, 3.05) is 26.2 Å². The zero-order chi connectivity index (χ0) is 15.1. The Kier molecular flexibility index (Phi) is 7.91. The number of amides is 2. The van der Waals surface area contributed by atoms with E-state index in [1.165, 1.54) is 5.56 Å². The molecule has 0 spiro atoms. The van der Waals surface area contributed by atoms with E-state index in [0.717, 1.165) is 18.7 Å². The molecule has 122 valence electrons. The smallest absolute Gasteiger partial charge is 0.239 e. The van der Waals surface area contributed by atoms with Crippen LogP contribution in [0.2, 0.25) is 0 Å². The van der Waals surface area contributed by atoms with Crippen molar-refractivity contribution in [2.45, 2.75) is 19.8 Å². The molecule has 1 aliphatic heterocycles. The number of halogens is 1. The average Bonchev–Trinajstić information content (AvgIpc) is 2.43. The lowest BCUT2D eigenvalue weighted by Crippen LogP contribution is -2.49. The molecular formula is C16H24ClN3O2. The monoisotopic (exact) mass is 325 g/mol. The second kappa shape index (κ2) is 9.43. The van der Waals surface area contributed by atoms with Crippen molar-refractivity contribution in [3.05, 3.63) is 35.4 Å². The molecule has 1 heterocycles. The number of rotatable bonds is 7. The molecule has 1 fully saturated rings. The predicted molar refractivity (Wildman–Crippen MR) is 89.1 cm³/mol. The van der Waals surface area contributed by atoms with Gasteiger partial charge in [0.1, 0.15) is 0 Å². The second-order valence-electron chi connectivity index (χ2n) is 5.59. The third kappa shape index (κ3) is 6.45. The summed E-state index contributed by atoms with van der Waals surface area (Å²) in [4.78, 5) is 23.2. The van der Waals surface area contributed by atoms with E-state index in [2.05, 4.69) is 16.0 Å². The molecule has 1 saturated heterocycles. The summed E-state index contributed by atoms with van der Waals surface area (Å²) in [5.41, 5.74) is 2.35. The van der Waals surface area contributed by atoms with Crippen LogP contribution < -0.4 is 16.0 Å². The van der Waals surface area contributed by atoms with Gasteiger partial charge in [-0.05, 0) is 18.9 Å². The summed E-state index contributed by atoms with van der Waals surface area (Å²) >= 11 is 0. The summed E-state index contributed by atoms with van der Waals surface area (Å²) in [6, 6.07) is 8.13. The molecule has 6 heteroatoms. The minimum absolute atomic E-state index is 0. The van der Waals surface area contributed by atoms with Crippen LogP contribution in [0.1, 0.15) is 17.5 Å². The molecule has 2 rings (SSSR count). The van der Waals surface area contributed by atoms with Crippen LogP contribution >= 0.6 is 12.4 Å². The fourth-order valence-electron chi connectivity index (χ4n) is 2.09. The van der Waals surface area contributed by atoms with Crippen LogP contribution in [0.4, 0.5) is 0 Å². The van der Waals surface area contributed by atoms with Gasteiger partial charge in [-0.25, -0.2) is 0 Å². The molecule has 0 bridgehead atoms. The van der Waals surface area contributed by atoms with E-state index in [-0.39, 0.29) is 30.8 Å². The maximum Gasteiger partial charge on any atom is 0.239 e. The molecule has 5 nitrogen and oxygen atoms in total. The lowest BCUT2D eigenvalue weighted by molar-refractivity contribution is -0.126. The van der Waals surface area contributed by atoms with Gasteiger partial charge in [-0.1, -0.05) is 29.8 Å². The van der Waals surface area contributed by atoms with E-state index < -0.39 is 0 Å². The Bertz CT molecular complexity index is 487. The first-order valence-corrected chi connectivity index (χ1v) is 7.43. The number of benzene rings is 1. The maximum absolute atomic E-state index is 11.7. The number of hydrogen-bond donors (Lipinski definition) is 3. The van der Waals surface area contributed by atoms with Crippen LogP contribution in [0.25, 0.3) is 0 Å². The van der Waals surface area contributed by atoms with Crippen molar-refractivity contribution in [3.63, 3.8) is 0 Å². The van der Waals surface area contributed by atoms with Gasteiger partial charge in [0, 0.05) is 32.0 Å². The highest BCUT2D eigenvalue weighted by molar-refractivity contribution is 5.85. The van der Waals surface area contributed by atoms with Crippen LogP contribution in [-0.2, 0) is 16.0 Å². The van der Waals surface area contributed by atoms with Crippen LogP contribution in [-0.4, -0.2) is 38.0 Å². The quantitative estimate of drug-likeness (QED) is 0.694. The first kappa shape index (κ1) is 18.5. The van der Waals surface area contributed by atoms with Gasteiger partial charge in [-0.3, -0.25) is 9.59 Å². The standard InChI is InChI=1S/C16H23N3O2.ClH/c1-12-2-4-13(5-3-12)6-7-15(20)19-11-16(21)18-10-14-8-17-9-14;/h2-5,14,17H,6-11H2,1H3,(H,18,21)(H,19,20);1H. The molecule has 1 aromatic rings. The maximum atomic E-state index is 11.7. The molecule has 1 aromatic carbocycles. The topological polar surface area (TPSA) is 70.2 Å². The normalized spacial score (nSPS) is 13.7. The van der Waals surface area contributed by atoms with Crippen LogP contribution in [0, 0.1) is 12.8 Å². The van der Waals surface area contributed by atoms with Gasteiger partial charge in [0.2, 0.25) is 11.8 Å². The zero-order valence-corrected chi connectivity index (χ0v) is 13.7. The molecule has 0 atom stereocenters. The molecule has 0 aliphatic carbocycles. The van der Waals surface area contributed by atoms with Crippen molar-refractivity contribution in [3.8, 4) is 0 Å². The Morgan fingerprint density at radius 2 is 1.82 bits per heavy atom. The van der Waals surface area contributed by atoms with Gasteiger partial charge in [0.15, 0.2) is 0 Å². The zero-order valence-electron chi connectivity index (χ0n) is 12.9. The Morgan fingerprint density at radius 1 is 1.14 bits per heavy atom. The van der Waals surface area contributed by atoms with Crippen LogP contribution in [0.5, 0.6) is 0 Å². The van der Waals surface area contributed by atoms with Crippen molar-refractivity contribution in [1.82, 2.24) is 16.0 Å². The number of hydrogen-bond acceptors (Lipinski definition) is 3. The third-order valence-corrected chi connectivity index (χ3v) is 3.66. The molecule has 0 radical (unpaired) electrons. The SMILES string of the molecule is Cc1ccc(CCC(=O)NCC(=O)NCC2CNC2)cc1.Cl. The van der Waals surface area contributed by atoms with Crippen molar-refractivity contribution in [1.29, 1.82) is 0 Å². The fraction of sp³-hybridized carbons (Fsp3) is 0.500. The van der Waals surface area contributed by atoms with E-state index >= 15 is 0 Å². The van der Waals surface area contributed by atoms with Gasteiger partial charge < -0.3 is 16.0 Å². The van der Waals surface area contributed by atoms with Crippen molar-refractivity contribution < 1.29 is 9.59 Å². The van der Waals surface area contributed by atoms with Crippen LogP contribution in [0.3, 0.4) is 0 Å². The molecule has 0 aromatic heterocycles. The van der Waals surface area contributed by atoms with Gasteiger partial charge in [-0.2, -0.15) is 0 Å². The molecule has 22 heavy (non-hydrogen) atoms. The largest absolute Gasteiger partial charge is 0.354 e. The van der Waals surface area contributed by atoms with E-state index in [1.807, 2.05) is 31.2 Å². The highest BCUT2D eigenvalue weighted by Crippen LogP contribution is 2.05. The summed E-state index contributed by atoms with van der Waals surface area (Å²) in [5, 5.41) is 8.63. The predicted octanol–water partition coefficient (Wildman–Crippen LogP) is 0.801. The molecule has 3 N–H and O–H groups in total. The Morgan fingerprint density at radius 3 is 2.41 bits per heavy atom. The molecule has 1 aliphatic rings. The first-order chi connectivity index (χ1) is 10.1. The summed E-state index contributed by atoms with van der Waals surface area (Å²) in [7, 11) is 0. The van der Waals surface area contributed by atoms with Crippen LogP contribution in [0.15, 0.2) is 24.3 Å². The molecular weight excluding hydrogens is 302 g/mol. The first-order valence-electron chi connectivity index (χ1n) is 7.43. The lowest BCUT2D eigenvalue weighted by Gasteiger charge is -2.27. The molecule has 2 amide bonds. The minimum Gasteiger partial charge on any atom is -0.354 e. The summed E-state index contributed by atoms with van der Waals surface area (Å²) in [6.07, 6.45) is 1.10. The second-order valence-corrected chi connectivity index (χ2v) is 5.59. The van der Waals surface area contributed by atoms with Gasteiger partial charge in [0.25, 0.3) is 0 Å². The minimum atomic E-state index is -0.120. The highest BCUT2D eigenvalue weighted by Gasteiger charge is 2.17. The van der Waals surface area contributed by atoms with Gasteiger partial charge >= 0.3 is 0 Å². The Hall–Kier alpha value is -1.59. The third-order valence-electron chi connectivity index (χ3n) is 3.66. The highest BCUT2D eigenvalue weighted by atomic mass is 35.5. The fourth-order valence-corrected chi connectivity index (χ4v) is 2.09. The number of carbonyl (C=O) groups is 2. The van der Waals surface area contributed by atoms with E-state index in [0.29, 0.717) is 25.3 Å². The number of nitrogens with one attached hydrogen (secondary N) is 3. The van der Waals surface area contributed by atoms with E-state index in [4.69, 9.17) is 0 Å². The van der Waals surface area contributed by atoms with Gasteiger partial charge in [0.05, 0.1) is 6.54 Å². The van der Waals surface area contributed by atoms with Crippen molar-refractivity contribution >= 4 is 24.2 Å². The van der Waals surface area contributed by atoms with E-state index in [9.17, 15) is 9.59 Å². The van der Waals surface area contributed by atoms with Gasteiger partial charge in [-0.15, -0.1) is 12.4 Å². The average molecular weight is 326 g/mol. The molecule has 0 unspecified atom stereocenters. The van der Waals surface area contributed by atoms with E-state index in [1.54, 1.807) is 0 Å². The number of aryl methyl sites for hydroxylation is 2. The summed E-state index contributed by atoms with van der Waals surface area (Å²) in [5.74, 6) is 0.327. The number of carbonyl (C=O) groups excluding carboxylic acids is 2. The Labute approximate surface area is 137 Å². The molecule has 0 saturated carbocycles. The van der Waals surface area contributed by atoms with Crippen molar-refractivity contribution in [2.24, 2.45) is 5.92 Å². The Balaban J connectivity index is 0.00000242. The summed E-state index contributed by atoms with van der Waals surface area (Å²) in [6.45, 7) is 4.71.